The number of rotatable bonds is 3. The molecular weight excluding hydrogens is 221 g/mol. The maximum absolute atomic E-state index is 13.2. The number of hydrogen-bond donors (Lipinski definition) is 1. The molecule has 0 radical (unpaired) electrons. The lowest BCUT2D eigenvalue weighted by atomic mass is 10.2. The van der Waals surface area contributed by atoms with Crippen LogP contribution in [0.5, 0.6) is 0 Å². The van der Waals surface area contributed by atoms with Gasteiger partial charge in [-0.15, -0.1) is 0 Å². The molecule has 0 saturated heterocycles. The van der Waals surface area contributed by atoms with Crippen LogP contribution in [0.1, 0.15) is 25.6 Å². The molecule has 0 fully saturated rings. The number of carboxylic acid groups (broad SMARTS) is 1. The third-order valence-corrected chi connectivity index (χ3v) is 2.73. The van der Waals surface area contributed by atoms with Gasteiger partial charge in [0.25, 0.3) is 0 Å². The van der Waals surface area contributed by atoms with Gasteiger partial charge in [0.2, 0.25) is 0 Å². The molecule has 4 heteroatoms. The number of aromatic nitrogens is 1. The molecule has 1 N–H and O–H groups in total. The summed E-state index contributed by atoms with van der Waals surface area (Å²) in [6.45, 7) is 3.91. The van der Waals surface area contributed by atoms with Crippen LogP contribution in [0.2, 0.25) is 0 Å². The maximum Gasteiger partial charge on any atom is 0.309 e. The van der Waals surface area contributed by atoms with Crippen LogP contribution in [-0.4, -0.2) is 15.6 Å². The Bertz CT molecular complexity index is 572. The lowest BCUT2D eigenvalue weighted by Gasteiger charge is -2.13. The highest BCUT2D eigenvalue weighted by Crippen LogP contribution is 2.25. The van der Waals surface area contributed by atoms with Gasteiger partial charge in [0.15, 0.2) is 0 Å². The second kappa shape index (κ2) is 4.20. The van der Waals surface area contributed by atoms with E-state index in [9.17, 15) is 9.18 Å². The van der Waals surface area contributed by atoms with Crippen molar-refractivity contribution >= 4 is 16.9 Å². The summed E-state index contributed by atoms with van der Waals surface area (Å²) in [5.74, 6) is -1.19. The van der Waals surface area contributed by atoms with E-state index in [4.69, 9.17) is 5.11 Å². The van der Waals surface area contributed by atoms with Crippen LogP contribution in [0.3, 0.4) is 0 Å². The average molecular weight is 235 g/mol. The molecule has 2 rings (SSSR count). The zero-order chi connectivity index (χ0) is 12.6. The van der Waals surface area contributed by atoms with Crippen molar-refractivity contribution in [1.29, 1.82) is 0 Å². The van der Waals surface area contributed by atoms with Crippen molar-refractivity contribution in [2.75, 3.05) is 0 Å². The second-order valence-corrected chi connectivity index (χ2v) is 4.37. The Labute approximate surface area is 98.5 Å². The molecule has 90 valence electrons. The Kier molecular flexibility index (Phi) is 2.88. The first-order chi connectivity index (χ1) is 7.99. The van der Waals surface area contributed by atoms with Crippen molar-refractivity contribution in [3.8, 4) is 0 Å². The van der Waals surface area contributed by atoms with Crippen LogP contribution in [0, 0.1) is 5.82 Å². The number of fused-ring (bicyclic) bond motifs is 1. The summed E-state index contributed by atoms with van der Waals surface area (Å²) in [6.07, 6.45) is -0.0471. The largest absolute Gasteiger partial charge is 0.481 e. The minimum absolute atomic E-state index is 0.0471. The quantitative estimate of drug-likeness (QED) is 0.888. The number of nitrogens with zero attached hydrogens (tertiary/aromatic N) is 1. The molecule has 1 aromatic carbocycles. The summed E-state index contributed by atoms with van der Waals surface area (Å²) >= 11 is 0. The number of carboxylic acids is 1. The molecule has 17 heavy (non-hydrogen) atoms. The van der Waals surface area contributed by atoms with E-state index in [1.807, 2.05) is 24.5 Å². The van der Waals surface area contributed by atoms with E-state index >= 15 is 0 Å². The molecule has 0 aliphatic carbocycles. The minimum Gasteiger partial charge on any atom is -0.481 e. The van der Waals surface area contributed by atoms with Crippen LogP contribution in [0.4, 0.5) is 4.39 Å². The van der Waals surface area contributed by atoms with E-state index in [0.29, 0.717) is 5.69 Å². The standard InChI is InChI=1S/C13H14FNO2/c1-8(2)15-11(7-13(16)17)5-9-3-4-10(14)6-12(9)15/h3-6,8H,7H2,1-2H3,(H,16,17). The summed E-state index contributed by atoms with van der Waals surface area (Å²) in [5, 5.41) is 9.74. The van der Waals surface area contributed by atoms with Gasteiger partial charge in [-0.3, -0.25) is 4.79 Å². The Morgan fingerprint density at radius 1 is 1.41 bits per heavy atom. The maximum atomic E-state index is 13.2. The topological polar surface area (TPSA) is 42.2 Å². The van der Waals surface area contributed by atoms with Gasteiger partial charge in [0, 0.05) is 17.1 Å². The lowest BCUT2D eigenvalue weighted by molar-refractivity contribution is -0.136. The second-order valence-electron chi connectivity index (χ2n) is 4.37. The predicted molar refractivity (Wildman–Crippen MR) is 63.6 cm³/mol. The number of aliphatic carboxylic acids is 1. The summed E-state index contributed by atoms with van der Waals surface area (Å²) in [7, 11) is 0. The molecule has 2 aromatic rings. The number of hydrogen-bond acceptors (Lipinski definition) is 1. The van der Waals surface area contributed by atoms with Crippen molar-refractivity contribution in [1.82, 2.24) is 4.57 Å². The van der Waals surface area contributed by atoms with Crippen molar-refractivity contribution in [3.63, 3.8) is 0 Å². The smallest absolute Gasteiger partial charge is 0.309 e. The van der Waals surface area contributed by atoms with Crippen LogP contribution >= 0.6 is 0 Å². The van der Waals surface area contributed by atoms with Crippen molar-refractivity contribution < 1.29 is 14.3 Å². The van der Waals surface area contributed by atoms with Crippen LogP contribution in [-0.2, 0) is 11.2 Å². The normalized spacial score (nSPS) is 11.3. The third kappa shape index (κ3) is 2.16. The van der Waals surface area contributed by atoms with E-state index < -0.39 is 5.97 Å². The lowest BCUT2D eigenvalue weighted by Crippen LogP contribution is -2.09. The fourth-order valence-electron chi connectivity index (χ4n) is 2.15. The van der Waals surface area contributed by atoms with E-state index in [-0.39, 0.29) is 18.3 Å². The predicted octanol–water partition coefficient (Wildman–Crippen LogP) is 2.99. The van der Waals surface area contributed by atoms with Crippen molar-refractivity contribution in [3.05, 3.63) is 35.8 Å². The van der Waals surface area contributed by atoms with Gasteiger partial charge in [-0.2, -0.15) is 0 Å². The van der Waals surface area contributed by atoms with Crippen LogP contribution in [0.25, 0.3) is 10.9 Å². The number of halogens is 1. The van der Waals surface area contributed by atoms with Gasteiger partial charge < -0.3 is 9.67 Å². The molecule has 0 aliphatic heterocycles. The average Bonchev–Trinajstić information content (AvgIpc) is 2.53. The Morgan fingerprint density at radius 3 is 2.71 bits per heavy atom. The first-order valence-corrected chi connectivity index (χ1v) is 5.50. The number of benzene rings is 1. The Hall–Kier alpha value is -1.84. The van der Waals surface area contributed by atoms with Gasteiger partial charge in [0.05, 0.1) is 11.9 Å². The van der Waals surface area contributed by atoms with E-state index in [0.717, 1.165) is 10.9 Å². The highest BCUT2D eigenvalue weighted by Gasteiger charge is 2.14. The molecule has 1 aromatic heterocycles. The molecule has 0 amide bonds. The van der Waals surface area contributed by atoms with Gasteiger partial charge >= 0.3 is 5.97 Å². The molecule has 0 saturated carbocycles. The third-order valence-electron chi connectivity index (χ3n) is 2.73. The van der Waals surface area contributed by atoms with Gasteiger partial charge in [-0.1, -0.05) is 0 Å². The van der Waals surface area contributed by atoms with Crippen molar-refractivity contribution in [2.45, 2.75) is 26.3 Å². The zero-order valence-electron chi connectivity index (χ0n) is 9.77. The summed E-state index contributed by atoms with van der Waals surface area (Å²) in [4.78, 5) is 10.8. The van der Waals surface area contributed by atoms with Gasteiger partial charge in [-0.25, -0.2) is 4.39 Å². The fourth-order valence-corrected chi connectivity index (χ4v) is 2.15. The first kappa shape index (κ1) is 11.6. The zero-order valence-corrected chi connectivity index (χ0v) is 9.77. The molecule has 0 unspecified atom stereocenters. The monoisotopic (exact) mass is 235 g/mol. The summed E-state index contributed by atoms with van der Waals surface area (Å²) < 4.78 is 15.1. The van der Waals surface area contributed by atoms with Crippen LogP contribution < -0.4 is 0 Å². The Morgan fingerprint density at radius 2 is 2.12 bits per heavy atom. The van der Waals surface area contributed by atoms with Crippen molar-refractivity contribution in [2.24, 2.45) is 0 Å². The SMILES string of the molecule is CC(C)n1c(CC(=O)O)cc2ccc(F)cc21. The van der Waals surface area contributed by atoms with E-state index in [1.165, 1.54) is 12.1 Å². The van der Waals surface area contributed by atoms with Gasteiger partial charge in [0.1, 0.15) is 5.82 Å². The molecule has 0 atom stereocenters. The highest BCUT2D eigenvalue weighted by atomic mass is 19.1. The van der Waals surface area contributed by atoms with E-state index in [1.54, 1.807) is 6.07 Å². The Balaban J connectivity index is 2.66. The molecule has 1 heterocycles. The van der Waals surface area contributed by atoms with Gasteiger partial charge in [-0.05, 0) is 38.1 Å². The minimum atomic E-state index is -0.879. The number of carbonyl (C=O) groups is 1. The summed E-state index contributed by atoms with van der Waals surface area (Å²) in [6, 6.07) is 6.42. The fraction of sp³-hybridized carbons (Fsp3) is 0.308. The summed E-state index contributed by atoms with van der Waals surface area (Å²) in [5.41, 5.74) is 1.45. The van der Waals surface area contributed by atoms with Crippen LogP contribution in [0.15, 0.2) is 24.3 Å². The molecule has 3 nitrogen and oxygen atoms in total. The van der Waals surface area contributed by atoms with E-state index in [2.05, 4.69) is 0 Å². The molecule has 0 spiro atoms. The molecule has 0 aliphatic rings. The highest BCUT2D eigenvalue weighted by molar-refractivity contribution is 5.83. The molecular formula is C13H14FNO2. The molecule has 0 bridgehead atoms. The first-order valence-electron chi connectivity index (χ1n) is 5.50.